The van der Waals surface area contributed by atoms with E-state index in [1.807, 2.05) is 0 Å². The molecule has 9 nitrogen and oxygen atoms in total. The lowest BCUT2D eigenvalue weighted by atomic mass is 10.1. The predicted octanol–water partition coefficient (Wildman–Crippen LogP) is 3.82. The summed E-state index contributed by atoms with van der Waals surface area (Å²) >= 11 is 1.95. The minimum Gasteiger partial charge on any atom is -0.460 e. The third-order valence-corrected chi connectivity index (χ3v) is 6.84. The van der Waals surface area contributed by atoms with Gasteiger partial charge in [-0.2, -0.15) is 0 Å². The Morgan fingerprint density at radius 2 is 1.84 bits per heavy atom. The summed E-state index contributed by atoms with van der Waals surface area (Å²) < 4.78 is 31.9. The average molecular weight is 566 g/mol. The lowest BCUT2D eigenvalue weighted by Crippen LogP contribution is -2.47. The fourth-order valence-electron chi connectivity index (χ4n) is 3.33. The van der Waals surface area contributed by atoms with Gasteiger partial charge in [0.2, 0.25) is 11.8 Å². The van der Waals surface area contributed by atoms with E-state index in [2.05, 4.69) is 5.32 Å². The number of nitrogens with zero attached hydrogens (tertiary/aromatic N) is 1. The number of thiophene rings is 1. The number of benzene rings is 1. The molecule has 2 aromatic rings. The van der Waals surface area contributed by atoms with Gasteiger partial charge in [0.15, 0.2) is 11.6 Å². The summed E-state index contributed by atoms with van der Waals surface area (Å²) in [4.78, 5) is 62.8. The second-order valence-electron chi connectivity index (χ2n) is 9.26. The lowest BCUT2D eigenvalue weighted by Gasteiger charge is -2.22. The molecule has 3 rings (SSSR count). The van der Waals surface area contributed by atoms with Crippen molar-refractivity contribution in [3.05, 3.63) is 51.1 Å². The Labute approximate surface area is 225 Å². The third-order valence-electron chi connectivity index (χ3n) is 5.05. The van der Waals surface area contributed by atoms with Gasteiger partial charge < -0.3 is 15.8 Å². The fraction of sp³-hybridized carbons (Fsp3) is 0.320. The number of imide groups is 1. The first-order chi connectivity index (χ1) is 17.7. The lowest BCUT2D eigenvalue weighted by molar-refractivity contribution is -0.156. The summed E-state index contributed by atoms with van der Waals surface area (Å²) in [5.41, 5.74) is 5.57. The zero-order valence-electron chi connectivity index (χ0n) is 20.7. The Bertz CT molecular complexity index is 1320. The molecule has 0 spiro atoms. The molecule has 0 saturated carbocycles. The molecular weight excluding hydrogens is 540 g/mol. The zero-order valence-corrected chi connectivity index (χ0v) is 22.3. The van der Waals surface area contributed by atoms with E-state index in [-0.39, 0.29) is 17.9 Å². The number of amides is 4. The van der Waals surface area contributed by atoms with Crippen molar-refractivity contribution in [1.29, 1.82) is 0 Å². The van der Waals surface area contributed by atoms with Crippen LogP contribution in [-0.4, -0.2) is 52.0 Å². The van der Waals surface area contributed by atoms with E-state index in [1.54, 1.807) is 32.2 Å². The Kier molecular flexibility index (Phi) is 9.05. The molecule has 202 valence electrons. The summed E-state index contributed by atoms with van der Waals surface area (Å²) in [5, 5.41) is 3.46. The molecule has 1 atom stereocenters. The van der Waals surface area contributed by atoms with Crippen LogP contribution in [0.15, 0.2) is 34.6 Å². The number of nitrogens with one attached hydrogen (secondary N) is 1. The highest BCUT2D eigenvalue weighted by Gasteiger charge is 2.35. The molecule has 0 unspecified atom stereocenters. The molecule has 1 aliphatic heterocycles. The third kappa shape index (κ3) is 7.71. The largest absolute Gasteiger partial charge is 0.460 e. The van der Waals surface area contributed by atoms with E-state index in [0.29, 0.717) is 27.8 Å². The predicted molar refractivity (Wildman–Crippen MR) is 139 cm³/mol. The molecular formula is C25H25F2N3O6S2. The van der Waals surface area contributed by atoms with Crippen molar-refractivity contribution in [2.24, 2.45) is 5.73 Å². The van der Waals surface area contributed by atoms with Crippen molar-refractivity contribution >= 4 is 58.1 Å². The number of hydrogen-bond donors (Lipinski definition) is 2. The van der Waals surface area contributed by atoms with Crippen LogP contribution in [0, 0.1) is 11.6 Å². The highest BCUT2D eigenvalue weighted by Crippen LogP contribution is 2.35. The topological polar surface area (TPSA) is 136 Å². The van der Waals surface area contributed by atoms with Crippen LogP contribution in [0.2, 0.25) is 0 Å². The Morgan fingerprint density at radius 3 is 2.47 bits per heavy atom. The van der Waals surface area contributed by atoms with Crippen molar-refractivity contribution in [2.45, 2.75) is 45.3 Å². The number of esters is 1. The normalized spacial score (nSPS) is 15.6. The minimum atomic E-state index is -1.31. The maximum absolute atomic E-state index is 13.5. The summed E-state index contributed by atoms with van der Waals surface area (Å²) in [6, 6.07) is 3.88. The van der Waals surface area contributed by atoms with E-state index >= 15 is 0 Å². The molecule has 3 N–H and O–H groups in total. The van der Waals surface area contributed by atoms with Gasteiger partial charge in [-0.25, -0.2) is 8.78 Å². The SMILES string of the molecule is CC(C)(C)OC(=O)C[C@H](NC(=O)CCN1C(=O)S/C(=C\c2cc(-c3ccc(F)c(F)c3)cs2)C1=O)C(N)=O. The molecule has 2 heterocycles. The summed E-state index contributed by atoms with van der Waals surface area (Å²) in [6.45, 7) is 4.70. The van der Waals surface area contributed by atoms with Crippen LogP contribution in [0.3, 0.4) is 0 Å². The van der Waals surface area contributed by atoms with Gasteiger partial charge in [0.25, 0.3) is 11.1 Å². The number of primary amides is 1. The number of carbonyl (C=O) groups is 5. The molecule has 1 aromatic carbocycles. The van der Waals surface area contributed by atoms with Crippen LogP contribution in [0.1, 0.15) is 38.5 Å². The van der Waals surface area contributed by atoms with Crippen LogP contribution in [0.4, 0.5) is 13.6 Å². The van der Waals surface area contributed by atoms with Crippen LogP contribution in [0.5, 0.6) is 0 Å². The monoisotopic (exact) mass is 565 g/mol. The van der Waals surface area contributed by atoms with Gasteiger partial charge in [0.1, 0.15) is 11.6 Å². The molecule has 1 aromatic heterocycles. The number of ether oxygens (including phenoxy) is 1. The molecule has 1 saturated heterocycles. The summed E-state index contributed by atoms with van der Waals surface area (Å²) in [6.07, 6.45) is 0.724. The second-order valence-corrected chi connectivity index (χ2v) is 11.2. The van der Waals surface area contributed by atoms with Crippen molar-refractivity contribution in [3.8, 4) is 11.1 Å². The molecule has 38 heavy (non-hydrogen) atoms. The van der Waals surface area contributed by atoms with E-state index in [9.17, 15) is 32.8 Å². The number of rotatable bonds is 9. The van der Waals surface area contributed by atoms with Gasteiger partial charge in [-0.3, -0.25) is 28.9 Å². The highest BCUT2D eigenvalue weighted by molar-refractivity contribution is 8.18. The van der Waals surface area contributed by atoms with Gasteiger partial charge in [0, 0.05) is 17.8 Å². The van der Waals surface area contributed by atoms with E-state index in [0.717, 1.165) is 17.0 Å². The molecule has 13 heteroatoms. The van der Waals surface area contributed by atoms with Crippen molar-refractivity contribution in [3.63, 3.8) is 0 Å². The fourth-order valence-corrected chi connectivity index (χ4v) is 5.11. The minimum absolute atomic E-state index is 0.133. The van der Waals surface area contributed by atoms with Crippen LogP contribution >= 0.6 is 23.1 Å². The van der Waals surface area contributed by atoms with E-state index in [4.69, 9.17) is 10.5 Å². The van der Waals surface area contributed by atoms with E-state index in [1.165, 1.54) is 23.5 Å². The van der Waals surface area contributed by atoms with Crippen molar-refractivity contribution in [1.82, 2.24) is 10.2 Å². The van der Waals surface area contributed by atoms with Crippen LogP contribution < -0.4 is 11.1 Å². The Hall–Kier alpha value is -3.58. The molecule has 0 radical (unpaired) electrons. The van der Waals surface area contributed by atoms with Crippen LogP contribution in [0.25, 0.3) is 17.2 Å². The zero-order chi connectivity index (χ0) is 28.2. The standard InChI is InChI=1S/C25H25F2N3O6S2/c1-25(2,3)36-21(32)11-18(22(28)33)29-20(31)6-7-30-23(34)19(38-24(30)35)10-15-8-14(12-37-15)13-4-5-16(26)17(27)9-13/h4-5,8-10,12,18H,6-7,11H2,1-3H3,(H2,28,33)(H,29,31)/b19-10-/t18-/m0/s1. The maximum atomic E-state index is 13.5. The molecule has 4 amide bonds. The smallest absolute Gasteiger partial charge is 0.308 e. The number of halogens is 2. The highest BCUT2D eigenvalue weighted by atomic mass is 32.2. The van der Waals surface area contributed by atoms with Crippen molar-refractivity contribution < 1.29 is 37.5 Å². The maximum Gasteiger partial charge on any atom is 0.308 e. The average Bonchev–Trinajstić information content (AvgIpc) is 3.37. The Balaban J connectivity index is 1.59. The first kappa shape index (κ1) is 29.0. The van der Waals surface area contributed by atoms with Gasteiger partial charge in [-0.1, -0.05) is 6.07 Å². The molecule has 0 aliphatic carbocycles. The van der Waals surface area contributed by atoms with Gasteiger partial charge in [-0.15, -0.1) is 11.3 Å². The first-order valence-electron chi connectivity index (χ1n) is 11.3. The van der Waals surface area contributed by atoms with Crippen LogP contribution in [-0.2, 0) is 23.9 Å². The van der Waals surface area contributed by atoms with Gasteiger partial charge in [0.05, 0.1) is 11.3 Å². The second kappa shape index (κ2) is 11.9. The molecule has 0 bridgehead atoms. The number of carbonyl (C=O) groups excluding carboxylic acids is 5. The summed E-state index contributed by atoms with van der Waals surface area (Å²) in [5.74, 6) is -4.88. The Morgan fingerprint density at radius 1 is 1.13 bits per heavy atom. The quantitative estimate of drug-likeness (QED) is 0.349. The molecule has 1 fully saturated rings. The van der Waals surface area contributed by atoms with Crippen molar-refractivity contribution in [2.75, 3.05) is 6.54 Å². The summed E-state index contributed by atoms with van der Waals surface area (Å²) in [7, 11) is 0. The first-order valence-corrected chi connectivity index (χ1v) is 13.0. The van der Waals surface area contributed by atoms with Gasteiger partial charge in [-0.05, 0) is 73.3 Å². The van der Waals surface area contributed by atoms with E-state index < -0.39 is 58.6 Å². The molecule has 1 aliphatic rings. The number of nitrogens with two attached hydrogens (primary N) is 1. The number of thioether (sulfide) groups is 1. The number of hydrogen-bond acceptors (Lipinski definition) is 8. The van der Waals surface area contributed by atoms with Gasteiger partial charge >= 0.3 is 5.97 Å².